The summed E-state index contributed by atoms with van der Waals surface area (Å²) in [5, 5.41) is 0. The van der Waals surface area contributed by atoms with Crippen molar-refractivity contribution >= 4 is 0 Å². The molecular weight excluding hydrogens is 223 g/mol. The van der Waals surface area contributed by atoms with Crippen LogP contribution in [0.1, 0.15) is 41.5 Å². The van der Waals surface area contributed by atoms with Crippen molar-refractivity contribution < 1.29 is 32.7 Å². The average molecular weight is 245 g/mol. The van der Waals surface area contributed by atoms with E-state index in [-0.39, 0.29) is 38.2 Å². The van der Waals surface area contributed by atoms with Crippen LogP contribution in [0.5, 0.6) is 0 Å². The molecule has 0 heterocycles. The Morgan fingerprint density at radius 1 is 1.00 bits per heavy atom. The Balaban J connectivity index is -0.000000142. The fraction of sp³-hybridized carbons (Fsp3) is 0.700. The molecule has 12 heavy (non-hydrogen) atoms. The van der Waals surface area contributed by atoms with Crippen LogP contribution in [0.4, 0.5) is 0 Å². The van der Waals surface area contributed by atoms with Gasteiger partial charge in [-0.1, -0.05) is 20.8 Å². The summed E-state index contributed by atoms with van der Waals surface area (Å²) in [4.78, 5) is 1.69. The molecule has 1 nitrogen and oxygen atoms in total. The molecule has 0 amide bonds. The van der Waals surface area contributed by atoms with Crippen LogP contribution >= 0.6 is 0 Å². The molecular formula is C10H22NY. The van der Waals surface area contributed by atoms with Crippen molar-refractivity contribution in [2.75, 3.05) is 0 Å². The molecule has 0 radical (unpaired) electrons. The van der Waals surface area contributed by atoms with Gasteiger partial charge in [0.15, 0.2) is 0 Å². The van der Waals surface area contributed by atoms with Crippen LogP contribution in [-0.4, -0.2) is 10.4 Å². The van der Waals surface area contributed by atoms with Crippen molar-refractivity contribution in [1.82, 2.24) is 4.90 Å². The molecule has 0 unspecified atom stereocenters. The van der Waals surface area contributed by atoms with Gasteiger partial charge in [0, 0.05) is 0 Å². The van der Waals surface area contributed by atoms with Gasteiger partial charge < -0.3 is 24.9 Å². The molecule has 0 aromatic heterocycles. The van der Waals surface area contributed by atoms with Crippen molar-refractivity contribution in [3.63, 3.8) is 0 Å². The molecule has 0 aliphatic carbocycles. The molecule has 0 aliphatic heterocycles. The molecule has 0 saturated carbocycles. The first-order chi connectivity index (χ1) is 4.68. The van der Waals surface area contributed by atoms with Gasteiger partial charge in [0.05, 0.1) is 0 Å². The third-order valence-corrected chi connectivity index (χ3v) is 0.949. The minimum atomic E-state index is 0. The SMILES string of the molecule is C[C-](C)C.[CH2-]N([CH2-])C(C)(C)C.[Y+3]. The Morgan fingerprint density at radius 2 is 1.08 bits per heavy atom. The molecule has 70 valence electrons. The first-order valence-electron chi connectivity index (χ1n) is 3.86. The van der Waals surface area contributed by atoms with Gasteiger partial charge >= 0.3 is 32.7 Å². The molecule has 0 bridgehead atoms. The van der Waals surface area contributed by atoms with E-state index in [2.05, 4.69) is 55.6 Å². The van der Waals surface area contributed by atoms with E-state index in [0.717, 1.165) is 0 Å². The Hall–Kier alpha value is 1.06. The molecule has 0 aromatic rings. The molecule has 0 atom stereocenters. The zero-order valence-corrected chi connectivity index (χ0v) is 12.3. The third-order valence-electron chi connectivity index (χ3n) is 0.949. The predicted molar refractivity (Wildman–Crippen MR) is 52.6 cm³/mol. The standard InChI is InChI=1S/C6H13N.C4H9.Y/c1-6(2,3)7(4)5;1-4(2)3;/h4-5H2,1-3H3;1-3H3;/q-2;-1;+3. The fourth-order valence-electron chi connectivity index (χ4n) is 0. The van der Waals surface area contributed by atoms with E-state index in [1.165, 1.54) is 5.92 Å². The molecule has 0 fully saturated rings. The summed E-state index contributed by atoms with van der Waals surface area (Å²) in [6.45, 7) is 12.4. The van der Waals surface area contributed by atoms with E-state index in [0.29, 0.717) is 0 Å². The summed E-state index contributed by atoms with van der Waals surface area (Å²) in [6, 6.07) is 0. The predicted octanol–water partition coefficient (Wildman–Crippen LogP) is 3.29. The molecule has 0 saturated heterocycles. The summed E-state index contributed by atoms with van der Waals surface area (Å²) in [6.07, 6.45) is 0. The average Bonchev–Trinajstić information content (AvgIpc) is 1.59. The van der Waals surface area contributed by atoms with Gasteiger partial charge in [-0.05, 0) is 5.54 Å². The molecule has 2 heteroatoms. The Kier molecular flexibility index (Phi) is 13.5. The smallest absolute Gasteiger partial charge is 0.606 e. The van der Waals surface area contributed by atoms with Crippen molar-refractivity contribution in [2.24, 2.45) is 0 Å². The molecule has 0 N–H and O–H groups in total. The van der Waals surface area contributed by atoms with Gasteiger partial charge in [0.1, 0.15) is 0 Å². The van der Waals surface area contributed by atoms with Crippen molar-refractivity contribution in [2.45, 2.75) is 47.1 Å². The Labute approximate surface area is 104 Å². The van der Waals surface area contributed by atoms with Crippen molar-refractivity contribution in [3.8, 4) is 0 Å². The zero-order chi connectivity index (χ0) is 9.65. The van der Waals surface area contributed by atoms with Gasteiger partial charge in [-0.2, -0.15) is 20.8 Å². The first-order valence-corrected chi connectivity index (χ1v) is 3.86. The largest absolute Gasteiger partial charge is 3.00 e. The fourth-order valence-corrected chi connectivity index (χ4v) is 0. The second-order valence-electron chi connectivity index (χ2n) is 4.21. The van der Waals surface area contributed by atoms with Crippen LogP contribution in [0.3, 0.4) is 0 Å². The topological polar surface area (TPSA) is 3.24 Å². The van der Waals surface area contributed by atoms with Gasteiger partial charge in [-0.3, -0.25) is 0 Å². The van der Waals surface area contributed by atoms with Crippen molar-refractivity contribution in [1.29, 1.82) is 0 Å². The maximum absolute atomic E-state index is 3.63. The minimum Gasteiger partial charge on any atom is -0.606 e. The van der Waals surface area contributed by atoms with E-state index >= 15 is 0 Å². The second kappa shape index (κ2) is 8.65. The van der Waals surface area contributed by atoms with Crippen LogP contribution in [0.25, 0.3) is 0 Å². The van der Waals surface area contributed by atoms with Gasteiger partial charge in [-0.15, -0.1) is 0 Å². The van der Waals surface area contributed by atoms with Gasteiger partial charge in [0.25, 0.3) is 0 Å². The van der Waals surface area contributed by atoms with Gasteiger partial charge in [-0.25, -0.2) is 0 Å². The summed E-state index contributed by atoms with van der Waals surface area (Å²) in [5.41, 5.74) is 0.111. The zero-order valence-electron chi connectivity index (χ0n) is 9.44. The van der Waals surface area contributed by atoms with Crippen LogP contribution < -0.4 is 0 Å². The quantitative estimate of drug-likeness (QED) is 0.592. The molecule has 0 spiro atoms. The van der Waals surface area contributed by atoms with E-state index in [1.807, 2.05) is 0 Å². The number of rotatable bonds is 0. The van der Waals surface area contributed by atoms with E-state index in [1.54, 1.807) is 4.90 Å². The van der Waals surface area contributed by atoms with E-state index in [9.17, 15) is 0 Å². The molecule has 0 rings (SSSR count). The van der Waals surface area contributed by atoms with Crippen LogP contribution in [0.2, 0.25) is 0 Å². The third kappa shape index (κ3) is 22.5. The molecule has 0 aromatic carbocycles. The number of hydrogen-bond donors (Lipinski definition) is 0. The summed E-state index contributed by atoms with van der Waals surface area (Å²) < 4.78 is 0. The Bertz CT molecular complexity index is 79.6. The summed E-state index contributed by atoms with van der Waals surface area (Å²) >= 11 is 0. The maximum Gasteiger partial charge on any atom is 3.00 e. The molecule has 0 aliphatic rings. The summed E-state index contributed by atoms with van der Waals surface area (Å²) in [5.74, 6) is 1.42. The number of hydrogen-bond acceptors (Lipinski definition) is 1. The van der Waals surface area contributed by atoms with Gasteiger partial charge in [0.2, 0.25) is 0 Å². The van der Waals surface area contributed by atoms with Crippen LogP contribution in [0.15, 0.2) is 0 Å². The normalized spacial score (nSPS) is 10.5. The monoisotopic (exact) mass is 245 g/mol. The maximum atomic E-state index is 3.63. The van der Waals surface area contributed by atoms with Crippen molar-refractivity contribution in [3.05, 3.63) is 20.0 Å². The van der Waals surface area contributed by atoms with E-state index < -0.39 is 0 Å². The Morgan fingerprint density at radius 3 is 1.08 bits per heavy atom. The minimum absolute atomic E-state index is 0. The second-order valence-corrected chi connectivity index (χ2v) is 4.21. The van der Waals surface area contributed by atoms with Crippen LogP contribution in [0, 0.1) is 20.0 Å². The summed E-state index contributed by atoms with van der Waals surface area (Å²) in [7, 11) is 7.26. The van der Waals surface area contributed by atoms with Crippen LogP contribution in [-0.2, 0) is 32.7 Å². The van der Waals surface area contributed by atoms with E-state index in [4.69, 9.17) is 0 Å². The first kappa shape index (κ1) is 18.8. The number of nitrogens with zero attached hydrogens (tertiary/aromatic N) is 1.